The number of hydrogen-bond acceptors (Lipinski definition) is 9. The molecule has 12 heteroatoms. The third-order valence-corrected chi connectivity index (χ3v) is 12.7. The summed E-state index contributed by atoms with van der Waals surface area (Å²) in [6, 6.07) is 0. The van der Waals surface area contributed by atoms with E-state index in [0.29, 0.717) is 93.8 Å². The zero-order valence-corrected chi connectivity index (χ0v) is 42.5. The van der Waals surface area contributed by atoms with Gasteiger partial charge in [-0.2, -0.15) is 0 Å². The van der Waals surface area contributed by atoms with Crippen LogP contribution in [0.4, 0.5) is 13.2 Å². The fourth-order valence-corrected chi connectivity index (χ4v) is 8.77. The summed E-state index contributed by atoms with van der Waals surface area (Å²) in [5, 5.41) is 0. The normalized spacial score (nSPS) is 26.1. The number of halogens is 3. The molecule has 72 heavy (non-hydrogen) atoms. The van der Waals surface area contributed by atoms with E-state index in [4.69, 9.17) is 14.2 Å². The average molecular weight is 997 g/mol. The highest BCUT2D eigenvalue weighted by Gasteiger charge is 2.32. The predicted octanol–water partition coefficient (Wildman–Crippen LogP) is 14.3. The first-order valence-corrected chi connectivity index (χ1v) is 26.2. The van der Waals surface area contributed by atoms with Gasteiger partial charge in [0.1, 0.15) is 18.3 Å². The molecule has 0 aromatic heterocycles. The lowest BCUT2D eigenvalue weighted by atomic mass is 9.96. The number of Topliss-reactive ketones (excluding diaryl/α,β-unsaturated/α-hetero) is 3. The molecular formula is C60H75F3O9. The molecule has 0 N–H and O–H groups in total. The number of fused-ring (bicyclic) bond motifs is 3. The molecule has 0 spiro atoms. The minimum Gasteiger partial charge on any atom is -0.462 e. The van der Waals surface area contributed by atoms with Gasteiger partial charge in [0.25, 0.3) is 0 Å². The van der Waals surface area contributed by atoms with E-state index < -0.39 is 88.8 Å². The van der Waals surface area contributed by atoms with Crippen LogP contribution in [0.25, 0.3) is 0 Å². The molecule has 0 aromatic rings. The van der Waals surface area contributed by atoms with Crippen LogP contribution in [0, 0.1) is 17.8 Å². The van der Waals surface area contributed by atoms with Crippen LogP contribution in [0.1, 0.15) is 156 Å². The molecule has 1 aliphatic heterocycles. The topological polar surface area (TPSA) is 130 Å². The number of hydrogen-bond donors (Lipinski definition) is 0. The Balaban J connectivity index is 1.51. The third kappa shape index (κ3) is 20.7. The Morgan fingerprint density at radius 3 is 0.958 bits per heavy atom. The number of esters is 3. The molecule has 1 heterocycles. The van der Waals surface area contributed by atoms with Crippen molar-refractivity contribution in [1.82, 2.24) is 0 Å². The molecule has 0 saturated carbocycles. The molecule has 0 unspecified atom stereocenters. The van der Waals surface area contributed by atoms with Crippen molar-refractivity contribution in [2.45, 2.75) is 174 Å². The molecule has 6 atom stereocenters. The number of carbonyl (C=O) groups is 6. The van der Waals surface area contributed by atoms with E-state index in [1.165, 1.54) is 18.2 Å². The summed E-state index contributed by atoms with van der Waals surface area (Å²) >= 11 is 0. The van der Waals surface area contributed by atoms with E-state index in [-0.39, 0.29) is 38.5 Å². The van der Waals surface area contributed by atoms with Crippen LogP contribution in [0.3, 0.4) is 0 Å². The van der Waals surface area contributed by atoms with Gasteiger partial charge < -0.3 is 14.2 Å². The van der Waals surface area contributed by atoms with Crippen molar-refractivity contribution in [1.29, 1.82) is 0 Å². The van der Waals surface area contributed by atoms with Gasteiger partial charge in [0.2, 0.25) is 17.3 Å². The van der Waals surface area contributed by atoms with E-state index in [2.05, 4.69) is 0 Å². The highest BCUT2D eigenvalue weighted by molar-refractivity contribution is 6.11. The molecule has 4 rings (SSSR count). The fourth-order valence-electron chi connectivity index (χ4n) is 8.77. The van der Waals surface area contributed by atoms with Gasteiger partial charge in [-0.05, 0) is 95.3 Å². The van der Waals surface area contributed by atoms with E-state index in [1.54, 1.807) is 18.2 Å². The number of ketones is 3. The Bertz CT molecular complexity index is 2000. The van der Waals surface area contributed by atoms with E-state index in [0.717, 1.165) is 19.3 Å². The van der Waals surface area contributed by atoms with Gasteiger partial charge >= 0.3 is 17.9 Å². The van der Waals surface area contributed by atoms with Crippen molar-refractivity contribution in [3.8, 4) is 0 Å². The second-order valence-corrected chi connectivity index (χ2v) is 18.5. The first kappa shape index (κ1) is 58.7. The standard InChI is InChI=1S/C60H75F3O9/c1-4-7-16-28-46-34-37-49-43(40-52(61)58(49)67)25-19-11-14-23-32-56(65)71-48(30-18-9-6-3)36-39-51-45(42-54(63)60(51)69)27-21-12-15-24-33-57(66)72-47(29-17-8-5-2)35-38-50-44(41-53(62)59(50)68)26-20-10-13-22-31-55(64)70-46/h7-12,16-21,37-48H,4-6,13-15,22-36H2,1-3H3/b16-7-,17-8-,18-9-,19-11?,20-10?,21-12?,49-37?,50-38?,51-39?/t43-,44-,45-,46-,47-,48-/m0/s1. The van der Waals surface area contributed by atoms with Crippen molar-refractivity contribution in [2.24, 2.45) is 17.8 Å². The van der Waals surface area contributed by atoms with Crippen molar-refractivity contribution in [3.63, 3.8) is 0 Å². The lowest BCUT2D eigenvalue weighted by molar-refractivity contribution is -0.149. The SMILES string of the molecule is CC/C=C\C[C@H]1CC=C2C(=O)C(F)=C[C@@H]2CC=CCCCC(=O)O[C@@H](C/C=C\CC)CC=C2C(=O)C(F)=C[C@@H]2CC=CCCCC(=O)O[C@@H](C/C=C\CC)CC=C2C(=O)C(F)=C[C@@H]2CC=CCCCC(=O)O1. The van der Waals surface area contributed by atoms with Crippen LogP contribution in [0.15, 0.2) is 144 Å². The highest BCUT2D eigenvalue weighted by Crippen LogP contribution is 2.34. The van der Waals surface area contributed by atoms with E-state index in [9.17, 15) is 41.9 Å². The number of cyclic esters (lactones) is 3. The van der Waals surface area contributed by atoms with Crippen molar-refractivity contribution in [2.75, 3.05) is 0 Å². The van der Waals surface area contributed by atoms with E-state index in [1.807, 2.05) is 93.7 Å². The van der Waals surface area contributed by atoms with Crippen LogP contribution in [0.2, 0.25) is 0 Å². The molecule has 0 fully saturated rings. The van der Waals surface area contributed by atoms with Crippen LogP contribution >= 0.6 is 0 Å². The van der Waals surface area contributed by atoms with E-state index >= 15 is 0 Å². The summed E-state index contributed by atoms with van der Waals surface area (Å²) in [4.78, 5) is 77.8. The molecule has 390 valence electrons. The van der Waals surface area contributed by atoms with Crippen LogP contribution in [-0.4, -0.2) is 53.6 Å². The Hall–Kier alpha value is -5.91. The molecule has 0 radical (unpaired) electrons. The van der Waals surface area contributed by atoms with Crippen LogP contribution in [-0.2, 0) is 43.0 Å². The van der Waals surface area contributed by atoms with Gasteiger partial charge in [-0.15, -0.1) is 0 Å². The highest BCUT2D eigenvalue weighted by atomic mass is 19.1. The molecule has 0 saturated heterocycles. The predicted molar refractivity (Wildman–Crippen MR) is 276 cm³/mol. The maximum absolute atomic E-state index is 14.7. The van der Waals surface area contributed by atoms with Gasteiger partial charge in [0.05, 0.1) is 0 Å². The zero-order valence-electron chi connectivity index (χ0n) is 42.5. The van der Waals surface area contributed by atoms with Crippen LogP contribution < -0.4 is 0 Å². The summed E-state index contributed by atoms with van der Waals surface area (Å²) in [5.41, 5.74) is 0.913. The van der Waals surface area contributed by atoms with Crippen LogP contribution in [0.5, 0.6) is 0 Å². The third-order valence-electron chi connectivity index (χ3n) is 12.7. The first-order chi connectivity index (χ1) is 34.8. The first-order valence-electron chi connectivity index (χ1n) is 26.2. The van der Waals surface area contributed by atoms with Crippen molar-refractivity contribution >= 4 is 35.3 Å². The molecular weight excluding hydrogens is 922 g/mol. The number of allylic oxidation sites excluding steroid dienone is 18. The lowest BCUT2D eigenvalue weighted by Crippen LogP contribution is -2.18. The number of rotatable bonds is 9. The smallest absolute Gasteiger partial charge is 0.306 e. The summed E-state index contributed by atoms with van der Waals surface area (Å²) in [7, 11) is 0. The summed E-state index contributed by atoms with van der Waals surface area (Å²) in [6.07, 6.45) is 39.0. The minimum atomic E-state index is -0.824. The second kappa shape index (κ2) is 32.9. The second-order valence-electron chi connectivity index (χ2n) is 18.5. The molecule has 3 aliphatic carbocycles. The summed E-state index contributed by atoms with van der Waals surface area (Å²) < 4.78 is 61.6. The van der Waals surface area contributed by atoms with Crippen molar-refractivity contribution < 1.29 is 56.1 Å². The molecule has 9 nitrogen and oxygen atoms in total. The zero-order chi connectivity index (χ0) is 52.1. The lowest BCUT2D eigenvalue weighted by Gasteiger charge is -2.16. The number of ether oxygens (including phenoxy) is 3. The monoisotopic (exact) mass is 997 g/mol. The Labute approximate surface area is 425 Å². The Morgan fingerprint density at radius 2 is 0.694 bits per heavy atom. The van der Waals surface area contributed by atoms with Crippen molar-refractivity contribution in [3.05, 3.63) is 144 Å². The quantitative estimate of drug-likeness (QED) is 0.126. The number of carbonyl (C=O) groups excluding carboxylic acids is 6. The largest absolute Gasteiger partial charge is 0.462 e. The van der Waals surface area contributed by atoms with Gasteiger partial charge in [0, 0.05) is 92.3 Å². The summed E-state index contributed by atoms with van der Waals surface area (Å²) in [5.74, 6) is -7.22. The van der Waals surface area contributed by atoms with Gasteiger partial charge in [0.15, 0.2) is 17.5 Å². The Kier molecular flexibility index (Phi) is 26.8. The maximum Gasteiger partial charge on any atom is 0.306 e. The molecule has 0 aromatic carbocycles. The van der Waals surface area contributed by atoms with Gasteiger partial charge in [-0.1, -0.05) is 112 Å². The Morgan fingerprint density at radius 1 is 0.417 bits per heavy atom. The molecule has 0 bridgehead atoms. The molecule has 0 amide bonds. The molecule has 4 aliphatic rings. The summed E-state index contributed by atoms with van der Waals surface area (Å²) in [6.45, 7) is 5.97. The van der Waals surface area contributed by atoms with Gasteiger partial charge in [-0.3, -0.25) is 28.8 Å². The minimum absolute atomic E-state index is 0.137. The maximum atomic E-state index is 14.7. The van der Waals surface area contributed by atoms with Gasteiger partial charge in [-0.25, -0.2) is 13.2 Å². The fraction of sp³-hybridized carbons (Fsp3) is 0.500. The average Bonchev–Trinajstić information content (AvgIpc) is 3.90.